The summed E-state index contributed by atoms with van der Waals surface area (Å²) >= 11 is 0. The third-order valence-corrected chi connectivity index (χ3v) is 6.40. The normalized spacial score (nSPS) is 23.6. The Hall–Kier alpha value is -2.24. The minimum absolute atomic E-state index is 0.125. The molecule has 1 aromatic heterocycles. The van der Waals surface area contributed by atoms with E-state index in [1.807, 2.05) is 31.1 Å². The lowest BCUT2D eigenvalue weighted by atomic mass is 9.89. The number of carbonyl (C=O) groups excluding carboxylic acids is 1. The van der Waals surface area contributed by atoms with Crippen molar-refractivity contribution in [1.29, 1.82) is 0 Å². The Morgan fingerprint density at radius 3 is 2.38 bits per heavy atom. The van der Waals surface area contributed by atoms with Crippen molar-refractivity contribution in [1.82, 2.24) is 14.8 Å². The van der Waals surface area contributed by atoms with Gasteiger partial charge in [-0.2, -0.15) is 0 Å². The number of nitrogens with zero attached hydrogens (tertiary/aromatic N) is 3. The summed E-state index contributed by atoms with van der Waals surface area (Å²) in [6, 6.07) is 10.5. The molecule has 2 atom stereocenters. The van der Waals surface area contributed by atoms with Gasteiger partial charge in [-0.15, -0.1) is 0 Å². The maximum absolute atomic E-state index is 14.0. The molecule has 0 unspecified atom stereocenters. The number of hydrogen-bond acceptors (Lipinski definition) is 4. The van der Waals surface area contributed by atoms with Crippen LogP contribution in [0.1, 0.15) is 36.1 Å². The molecule has 2 heterocycles. The Balaban J connectivity index is 1.65. The molecule has 0 saturated carbocycles. The first kappa shape index (κ1) is 20.0. The Bertz CT molecular complexity index is 862. The van der Waals surface area contributed by atoms with Gasteiger partial charge in [0.25, 0.3) is 0 Å². The van der Waals surface area contributed by atoms with Gasteiger partial charge in [0.1, 0.15) is 5.54 Å². The number of hydrogen-bond donors (Lipinski definition) is 0. The lowest BCUT2D eigenvalue weighted by molar-refractivity contribution is -0.153. The molecule has 154 valence electrons. The summed E-state index contributed by atoms with van der Waals surface area (Å²) in [5, 5.41) is 0. The predicted octanol–water partition coefficient (Wildman–Crippen LogP) is 3.00. The number of benzene rings is 1. The van der Waals surface area contributed by atoms with Crippen LogP contribution in [-0.2, 0) is 28.9 Å². The number of fused-ring (bicyclic) bond motifs is 1. The molecule has 0 spiro atoms. The average Bonchev–Trinajstić information content (AvgIpc) is 3.09. The Labute approximate surface area is 173 Å². The molecule has 2 aliphatic rings. The van der Waals surface area contributed by atoms with Crippen LogP contribution in [0.4, 0.5) is 0 Å². The smallest absolute Gasteiger partial charge is 0.243 e. The largest absolute Gasteiger partial charge is 0.373 e. The van der Waals surface area contributed by atoms with Crippen LogP contribution in [-0.4, -0.2) is 58.6 Å². The maximum Gasteiger partial charge on any atom is 0.243 e. The summed E-state index contributed by atoms with van der Waals surface area (Å²) in [7, 11) is 1.93. The monoisotopic (exact) mass is 393 g/mol. The van der Waals surface area contributed by atoms with Crippen molar-refractivity contribution >= 4 is 5.91 Å². The molecular weight excluding hydrogens is 362 g/mol. The van der Waals surface area contributed by atoms with E-state index in [-0.39, 0.29) is 18.1 Å². The van der Waals surface area contributed by atoms with Gasteiger partial charge in [-0.3, -0.25) is 14.7 Å². The molecule has 0 N–H and O–H groups in total. The highest BCUT2D eigenvalue weighted by Gasteiger charge is 2.51. The minimum atomic E-state index is -0.536. The molecule has 0 bridgehead atoms. The summed E-state index contributed by atoms with van der Waals surface area (Å²) in [4.78, 5) is 22.5. The van der Waals surface area contributed by atoms with Gasteiger partial charge in [-0.05, 0) is 49.1 Å². The Morgan fingerprint density at radius 2 is 1.79 bits per heavy atom. The quantitative estimate of drug-likeness (QED) is 0.801. The fourth-order valence-electron chi connectivity index (χ4n) is 4.99. The number of aromatic nitrogens is 1. The number of morpholine rings is 1. The van der Waals surface area contributed by atoms with Crippen LogP contribution < -0.4 is 0 Å². The van der Waals surface area contributed by atoms with Crippen molar-refractivity contribution in [3.63, 3.8) is 0 Å². The number of aryl methyl sites for hydroxylation is 1. The van der Waals surface area contributed by atoms with Gasteiger partial charge in [0, 0.05) is 51.9 Å². The van der Waals surface area contributed by atoms with E-state index in [2.05, 4.69) is 48.0 Å². The summed E-state index contributed by atoms with van der Waals surface area (Å²) in [5.41, 5.74) is 4.31. The van der Waals surface area contributed by atoms with Gasteiger partial charge in [-0.25, -0.2) is 0 Å². The van der Waals surface area contributed by atoms with Gasteiger partial charge in [0.05, 0.1) is 12.2 Å². The molecule has 1 aliphatic carbocycles. The minimum Gasteiger partial charge on any atom is -0.373 e. The standard InChI is InChI=1S/C24H31N3O2/c1-17-13-25-10-9-22(17)16-26(4)23(28)24(27-14-18(2)29-19(3)15-27)11-20-7-5-6-8-21(20)12-24/h5-10,13,18-19H,11-12,14-16H2,1-4H3/t18-,19+. The van der Waals surface area contributed by atoms with E-state index in [0.29, 0.717) is 6.54 Å². The zero-order valence-corrected chi connectivity index (χ0v) is 17.9. The van der Waals surface area contributed by atoms with Crippen molar-refractivity contribution in [2.24, 2.45) is 0 Å². The van der Waals surface area contributed by atoms with Gasteiger partial charge in [0.2, 0.25) is 5.91 Å². The maximum atomic E-state index is 14.0. The molecule has 5 heteroatoms. The van der Waals surface area contributed by atoms with Crippen molar-refractivity contribution in [3.8, 4) is 0 Å². The fourth-order valence-corrected chi connectivity index (χ4v) is 4.99. The number of likely N-dealkylation sites (N-methyl/N-ethyl adjacent to an activating group) is 1. The van der Waals surface area contributed by atoms with Gasteiger partial charge in [0.15, 0.2) is 0 Å². The van der Waals surface area contributed by atoms with E-state index in [1.165, 1.54) is 11.1 Å². The van der Waals surface area contributed by atoms with E-state index in [0.717, 1.165) is 37.1 Å². The van der Waals surface area contributed by atoms with E-state index in [9.17, 15) is 4.79 Å². The van der Waals surface area contributed by atoms with Crippen molar-refractivity contribution < 1.29 is 9.53 Å². The highest BCUT2D eigenvalue weighted by Crippen LogP contribution is 2.38. The second-order valence-corrected chi connectivity index (χ2v) is 8.78. The van der Waals surface area contributed by atoms with Crippen LogP contribution in [0.25, 0.3) is 0 Å². The first-order valence-corrected chi connectivity index (χ1v) is 10.5. The number of ether oxygens (including phenoxy) is 1. The van der Waals surface area contributed by atoms with Crippen LogP contribution in [0.2, 0.25) is 0 Å². The summed E-state index contributed by atoms with van der Waals surface area (Å²) < 4.78 is 5.98. The Kier molecular flexibility index (Phi) is 5.45. The fraction of sp³-hybridized carbons (Fsp3) is 0.500. The topological polar surface area (TPSA) is 45.7 Å². The highest BCUT2D eigenvalue weighted by molar-refractivity contribution is 5.88. The van der Waals surface area contributed by atoms with Crippen molar-refractivity contribution in [3.05, 3.63) is 65.0 Å². The lowest BCUT2D eigenvalue weighted by Gasteiger charge is -2.47. The molecule has 1 amide bonds. The van der Waals surface area contributed by atoms with E-state index >= 15 is 0 Å². The second kappa shape index (κ2) is 7.88. The highest BCUT2D eigenvalue weighted by atomic mass is 16.5. The van der Waals surface area contributed by atoms with Crippen molar-refractivity contribution in [2.45, 2.75) is 57.9 Å². The third kappa shape index (κ3) is 3.81. The molecule has 1 fully saturated rings. The molecular formula is C24H31N3O2. The van der Waals surface area contributed by atoms with Crippen LogP contribution in [0.5, 0.6) is 0 Å². The van der Waals surface area contributed by atoms with E-state index < -0.39 is 5.54 Å². The summed E-state index contributed by atoms with van der Waals surface area (Å²) in [6.45, 7) is 8.42. The summed E-state index contributed by atoms with van der Waals surface area (Å²) in [6.07, 6.45) is 5.44. The first-order valence-electron chi connectivity index (χ1n) is 10.5. The SMILES string of the molecule is Cc1cnccc1CN(C)C(=O)C1(N2C[C@@H](C)O[C@@H](C)C2)Cc2ccccc2C1. The molecule has 0 radical (unpaired) electrons. The molecule has 1 aliphatic heterocycles. The van der Waals surface area contributed by atoms with E-state index in [1.54, 1.807) is 6.20 Å². The van der Waals surface area contributed by atoms with Gasteiger partial charge in [-0.1, -0.05) is 24.3 Å². The molecule has 1 aromatic carbocycles. The lowest BCUT2D eigenvalue weighted by Crippen LogP contribution is -2.64. The van der Waals surface area contributed by atoms with Gasteiger partial charge >= 0.3 is 0 Å². The number of carbonyl (C=O) groups is 1. The first-order chi connectivity index (χ1) is 13.9. The zero-order valence-electron chi connectivity index (χ0n) is 17.9. The van der Waals surface area contributed by atoms with Crippen LogP contribution >= 0.6 is 0 Å². The second-order valence-electron chi connectivity index (χ2n) is 8.78. The zero-order chi connectivity index (χ0) is 20.6. The van der Waals surface area contributed by atoms with Crippen LogP contribution in [0.15, 0.2) is 42.7 Å². The molecule has 4 rings (SSSR count). The van der Waals surface area contributed by atoms with E-state index in [4.69, 9.17) is 4.74 Å². The molecule has 5 nitrogen and oxygen atoms in total. The predicted molar refractivity (Wildman–Crippen MR) is 114 cm³/mol. The molecule has 2 aromatic rings. The Morgan fingerprint density at radius 1 is 1.17 bits per heavy atom. The number of amides is 1. The molecule has 29 heavy (non-hydrogen) atoms. The van der Waals surface area contributed by atoms with Crippen LogP contribution in [0.3, 0.4) is 0 Å². The summed E-state index contributed by atoms with van der Waals surface area (Å²) in [5.74, 6) is 0.200. The van der Waals surface area contributed by atoms with Gasteiger partial charge < -0.3 is 9.64 Å². The molecule has 1 saturated heterocycles. The number of rotatable bonds is 4. The third-order valence-electron chi connectivity index (χ3n) is 6.40. The van der Waals surface area contributed by atoms with Crippen LogP contribution in [0, 0.1) is 6.92 Å². The average molecular weight is 394 g/mol. The van der Waals surface area contributed by atoms with Crippen molar-refractivity contribution in [2.75, 3.05) is 20.1 Å². The number of pyridine rings is 1.